The van der Waals surface area contributed by atoms with E-state index in [0.29, 0.717) is 0 Å². The minimum absolute atomic E-state index is 0.739. The lowest BCUT2D eigenvalue weighted by atomic mass is 10.0. The van der Waals surface area contributed by atoms with Gasteiger partial charge in [0.1, 0.15) is 0 Å². The second-order valence-electron chi connectivity index (χ2n) is 4.91. The van der Waals surface area contributed by atoms with E-state index in [2.05, 4.69) is 30.7 Å². The molecule has 0 aromatic carbocycles. The Bertz CT molecular complexity index is 317. The Morgan fingerprint density at radius 3 is 2.44 bits per heavy atom. The zero-order valence-electron chi connectivity index (χ0n) is 12.0. The number of nitrogens with two attached hydrogens (primary N) is 1. The van der Waals surface area contributed by atoms with Crippen molar-refractivity contribution in [2.45, 2.75) is 40.0 Å². The van der Waals surface area contributed by atoms with Gasteiger partial charge >= 0.3 is 0 Å². The molecule has 18 heavy (non-hydrogen) atoms. The second-order valence-corrected chi connectivity index (χ2v) is 4.91. The van der Waals surface area contributed by atoms with Gasteiger partial charge in [-0.15, -0.1) is 0 Å². The molecule has 3 heteroatoms. The van der Waals surface area contributed by atoms with Crippen LogP contribution in [0.2, 0.25) is 0 Å². The molecule has 1 rings (SSSR count). The maximum Gasteiger partial charge on any atom is 0.0501 e. The summed E-state index contributed by atoms with van der Waals surface area (Å²) in [6, 6.07) is 3.96. The summed E-state index contributed by atoms with van der Waals surface area (Å²) in [7, 11) is 0. The van der Waals surface area contributed by atoms with Crippen LogP contribution in [-0.4, -0.2) is 29.5 Å². The first-order valence-electron chi connectivity index (χ1n) is 7.12. The van der Waals surface area contributed by atoms with Crippen molar-refractivity contribution in [2.75, 3.05) is 25.4 Å². The molecule has 102 valence electrons. The molecule has 1 aromatic heterocycles. The molecule has 0 saturated heterocycles. The maximum absolute atomic E-state index is 5.64. The molecule has 1 aromatic rings. The standard InChI is InChI=1S/C15H27N3/c1-4-13(5-2)12-18(6-3)10-9-15-8-7-14(16)11-17-15/h7-8,11,13H,4-6,9-10,12,16H2,1-3H3. The third-order valence-electron chi connectivity index (χ3n) is 3.65. The number of rotatable bonds is 8. The first kappa shape index (κ1) is 15.0. The fourth-order valence-corrected chi connectivity index (χ4v) is 2.15. The number of hydrogen-bond acceptors (Lipinski definition) is 3. The smallest absolute Gasteiger partial charge is 0.0501 e. The average molecular weight is 249 g/mol. The van der Waals surface area contributed by atoms with Crippen LogP contribution in [-0.2, 0) is 6.42 Å². The van der Waals surface area contributed by atoms with Crippen LogP contribution >= 0.6 is 0 Å². The van der Waals surface area contributed by atoms with Crippen LogP contribution in [0.4, 0.5) is 5.69 Å². The van der Waals surface area contributed by atoms with Gasteiger partial charge in [0, 0.05) is 25.2 Å². The van der Waals surface area contributed by atoms with Gasteiger partial charge in [-0.25, -0.2) is 0 Å². The fraction of sp³-hybridized carbons (Fsp3) is 0.667. The van der Waals surface area contributed by atoms with E-state index < -0.39 is 0 Å². The zero-order chi connectivity index (χ0) is 13.4. The largest absolute Gasteiger partial charge is 0.397 e. The molecule has 0 aliphatic rings. The first-order chi connectivity index (χ1) is 8.69. The van der Waals surface area contributed by atoms with E-state index in [0.717, 1.165) is 36.8 Å². The van der Waals surface area contributed by atoms with E-state index in [1.54, 1.807) is 6.20 Å². The second kappa shape index (κ2) is 8.09. The number of nitrogen functional groups attached to an aromatic ring is 1. The molecule has 0 bridgehead atoms. The first-order valence-corrected chi connectivity index (χ1v) is 7.12. The van der Waals surface area contributed by atoms with Crippen molar-refractivity contribution in [1.29, 1.82) is 0 Å². The molecule has 0 aliphatic carbocycles. The number of likely N-dealkylation sites (N-methyl/N-ethyl adjacent to an activating group) is 1. The van der Waals surface area contributed by atoms with E-state index >= 15 is 0 Å². The lowest BCUT2D eigenvalue weighted by Crippen LogP contribution is -2.31. The van der Waals surface area contributed by atoms with E-state index in [1.165, 1.54) is 19.4 Å². The Hall–Kier alpha value is -1.09. The van der Waals surface area contributed by atoms with Crippen LogP contribution in [0.5, 0.6) is 0 Å². The van der Waals surface area contributed by atoms with Crippen molar-refractivity contribution in [3.8, 4) is 0 Å². The van der Waals surface area contributed by atoms with Gasteiger partial charge in [0.25, 0.3) is 0 Å². The van der Waals surface area contributed by atoms with Gasteiger partial charge in [0.15, 0.2) is 0 Å². The third-order valence-corrected chi connectivity index (χ3v) is 3.65. The number of nitrogens with zero attached hydrogens (tertiary/aromatic N) is 2. The molecule has 0 fully saturated rings. The topological polar surface area (TPSA) is 42.1 Å². The van der Waals surface area contributed by atoms with Gasteiger partial charge in [-0.2, -0.15) is 0 Å². The summed E-state index contributed by atoms with van der Waals surface area (Å²) in [5.74, 6) is 0.823. The van der Waals surface area contributed by atoms with Crippen molar-refractivity contribution in [3.63, 3.8) is 0 Å². The summed E-state index contributed by atoms with van der Waals surface area (Å²) in [6.07, 6.45) is 5.29. The van der Waals surface area contributed by atoms with Crippen molar-refractivity contribution in [1.82, 2.24) is 9.88 Å². The molecule has 1 heterocycles. The summed E-state index contributed by atoms with van der Waals surface area (Å²) in [6.45, 7) is 10.2. The van der Waals surface area contributed by atoms with Gasteiger partial charge in [-0.1, -0.05) is 33.6 Å². The van der Waals surface area contributed by atoms with Crippen LogP contribution in [0.3, 0.4) is 0 Å². The molecule has 2 N–H and O–H groups in total. The fourth-order valence-electron chi connectivity index (χ4n) is 2.15. The summed E-state index contributed by atoms with van der Waals surface area (Å²) >= 11 is 0. The SMILES string of the molecule is CCC(CC)CN(CC)CCc1ccc(N)cn1. The molecular formula is C15H27N3. The summed E-state index contributed by atoms with van der Waals surface area (Å²) < 4.78 is 0. The van der Waals surface area contributed by atoms with Crippen molar-refractivity contribution in [3.05, 3.63) is 24.0 Å². The van der Waals surface area contributed by atoms with Crippen LogP contribution in [0.25, 0.3) is 0 Å². The monoisotopic (exact) mass is 249 g/mol. The minimum atomic E-state index is 0.739. The Morgan fingerprint density at radius 2 is 1.94 bits per heavy atom. The molecule has 3 nitrogen and oxygen atoms in total. The quantitative estimate of drug-likeness (QED) is 0.770. The van der Waals surface area contributed by atoms with Crippen LogP contribution in [0.15, 0.2) is 18.3 Å². The van der Waals surface area contributed by atoms with Gasteiger partial charge in [0.2, 0.25) is 0 Å². The molecule has 0 spiro atoms. The highest BCUT2D eigenvalue weighted by Crippen LogP contribution is 2.10. The maximum atomic E-state index is 5.64. The minimum Gasteiger partial charge on any atom is -0.397 e. The van der Waals surface area contributed by atoms with Gasteiger partial charge in [-0.05, 0) is 24.6 Å². The van der Waals surface area contributed by atoms with E-state index in [1.807, 2.05) is 12.1 Å². The summed E-state index contributed by atoms with van der Waals surface area (Å²) in [5.41, 5.74) is 7.51. The highest BCUT2D eigenvalue weighted by atomic mass is 15.1. The van der Waals surface area contributed by atoms with Gasteiger partial charge in [0.05, 0.1) is 11.9 Å². The van der Waals surface area contributed by atoms with Crippen LogP contribution in [0, 0.1) is 5.92 Å². The normalized spacial score (nSPS) is 11.4. The molecule has 0 saturated carbocycles. The third kappa shape index (κ3) is 5.05. The molecule has 0 amide bonds. The molecule has 0 atom stereocenters. The Morgan fingerprint density at radius 1 is 1.22 bits per heavy atom. The van der Waals surface area contributed by atoms with Gasteiger partial charge in [-0.3, -0.25) is 4.98 Å². The van der Waals surface area contributed by atoms with Crippen molar-refractivity contribution < 1.29 is 0 Å². The molecule has 0 aliphatic heterocycles. The van der Waals surface area contributed by atoms with E-state index in [4.69, 9.17) is 5.73 Å². The lowest BCUT2D eigenvalue weighted by Gasteiger charge is -2.25. The predicted octanol–water partition coefficient (Wildman–Crippen LogP) is 2.96. The zero-order valence-corrected chi connectivity index (χ0v) is 12.0. The Labute approximate surface area is 111 Å². The Kier molecular flexibility index (Phi) is 6.73. The Balaban J connectivity index is 2.41. The molecular weight excluding hydrogens is 222 g/mol. The number of aromatic nitrogens is 1. The van der Waals surface area contributed by atoms with E-state index in [-0.39, 0.29) is 0 Å². The average Bonchev–Trinajstić information content (AvgIpc) is 2.41. The highest BCUT2D eigenvalue weighted by molar-refractivity contribution is 5.34. The van der Waals surface area contributed by atoms with Crippen LogP contribution < -0.4 is 5.73 Å². The predicted molar refractivity (Wildman–Crippen MR) is 78.5 cm³/mol. The number of hydrogen-bond donors (Lipinski definition) is 1. The lowest BCUT2D eigenvalue weighted by molar-refractivity contribution is 0.235. The highest BCUT2D eigenvalue weighted by Gasteiger charge is 2.09. The van der Waals surface area contributed by atoms with Crippen molar-refractivity contribution in [2.24, 2.45) is 5.92 Å². The molecule has 0 unspecified atom stereocenters. The van der Waals surface area contributed by atoms with E-state index in [9.17, 15) is 0 Å². The molecule has 0 radical (unpaired) electrons. The number of pyridine rings is 1. The number of anilines is 1. The summed E-state index contributed by atoms with van der Waals surface area (Å²) in [4.78, 5) is 6.88. The summed E-state index contributed by atoms with van der Waals surface area (Å²) in [5, 5.41) is 0. The van der Waals surface area contributed by atoms with Crippen molar-refractivity contribution >= 4 is 5.69 Å². The van der Waals surface area contributed by atoms with Gasteiger partial charge < -0.3 is 10.6 Å². The van der Waals surface area contributed by atoms with Crippen LogP contribution in [0.1, 0.15) is 39.3 Å².